The van der Waals surface area contributed by atoms with Crippen molar-refractivity contribution in [1.82, 2.24) is 4.98 Å². The fraction of sp³-hybridized carbons (Fsp3) is 0.250. The van der Waals surface area contributed by atoms with Gasteiger partial charge in [-0.2, -0.15) is 11.8 Å². The average Bonchev–Trinajstić information content (AvgIpc) is 2.76. The second-order valence-corrected chi connectivity index (χ2v) is 5.42. The zero-order valence-corrected chi connectivity index (χ0v) is 10.6. The maximum Gasteiger partial charge on any atom is 0.123 e. The molecule has 0 unspecified atom stereocenters. The van der Waals surface area contributed by atoms with E-state index >= 15 is 0 Å². The number of rotatable bonds is 4. The molecule has 0 radical (unpaired) electrons. The minimum absolute atomic E-state index is 0.206. The Balaban J connectivity index is 2.15. The smallest absolute Gasteiger partial charge is 0.123 e. The van der Waals surface area contributed by atoms with Crippen molar-refractivity contribution in [1.29, 1.82) is 0 Å². The number of benzene rings is 1. The quantitative estimate of drug-likeness (QED) is 0.810. The van der Waals surface area contributed by atoms with Crippen LogP contribution in [0.3, 0.4) is 0 Å². The van der Waals surface area contributed by atoms with Crippen molar-refractivity contribution in [3.05, 3.63) is 41.2 Å². The third kappa shape index (κ3) is 2.83. The molecule has 1 heterocycles. The van der Waals surface area contributed by atoms with E-state index in [1.54, 1.807) is 23.5 Å². The summed E-state index contributed by atoms with van der Waals surface area (Å²) in [5.41, 5.74) is 2.09. The molecule has 0 N–H and O–H groups in total. The van der Waals surface area contributed by atoms with E-state index in [1.807, 2.05) is 11.8 Å². The van der Waals surface area contributed by atoms with Crippen LogP contribution in [-0.4, -0.2) is 10.7 Å². The van der Waals surface area contributed by atoms with Crippen LogP contribution in [0.5, 0.6) is 0 Å². The van der Waals surface area contributed by atoms with Gasteiger partial charge in [0, 0.05) is 16.7 Å². The standard InChI is InChI=1S/C12H12FNS2/c1-2-15-7-11-8-16-12(14-11)9-3-5-10(13)6-4-9/h3-6,8H,2,7H2,1H3. The maximum atomic E-state index is 12.8. The molecular weight excluding hydrogens is 241 g/mol. The highest BCUT2D eigenvalue weighted by molar-refractivity contribution is 7.98. The number of halogens is 1. The molecule has 0 aliphatic heterocycles. The van der Waals surface area contributed by atoms with Crippen LogP contribution < -0.4 is 0 Å². The zero-order valence-electron chi connectivity index (χ0n) is 8.94. The van der Waals surface area contributed by atoms with Crippen molar-refractivity contribution in [2.75, 3.05) is 5.75 Å². The summed E-state index contributed by atoms with van der Waals surface area (Å²) >= 11 is 3.47. The van der Waals surface area contributed by atoms with Gasteiger partial charge in [-0.25, -0.2) is 9.37 Å². The van der Waals surface area contributed by atoms with Crippen LogP contribution in [0.2, 0.25) is 0 Å². The van der Waals surface area contributed by atoms with Gasteiger partial charge >= 0.3 is 0 Å². The number of thioether (sulfide) groups is 1. The molecule has 2 aromatic rings. The Bertz CT molecular complexity index is 450. The van der Waals surface area contributed by atoms with Crippen molar-refractivity contribution >= 4 is 23.1 Å². The molecule has 0 bridgehead atoms. The molecule has 0 aliphatic carbocycles. The topological polar surface area (TPSA) is 12.9 Å². The lowest BCUT2D eigenvalue weighted by Gasteiger charge is -1.95. The van der Waals surface area contributed by atoms with E-state index < -0.39 is 0 Å². The van der Waals surface area contributed by atoms with Gasteiger partial charge in [0.15, 0.2) is 0 Å². The van der Waals surface area contributed by atoms with Crippen molar-refractivity contribution in [2.24, 2.45) is 0 Å². The van der Waals surface area contributed by atoms with Gasteiger partial charge in [-0.15, -0.1) is 11.3 Å². The predicted molar refractivity (Wildman–Crippen MR) is 69.3 cm³/mol. The molecule has 84 valence electrons. The molecule has 2 rings (SSSR count). The average molecular weight is 253 g/mol. The molecule has 0 saturated heterocycles. The van der Waals surface area contributed by atoms with Crippen LogP contribution >= 0.6 is 23.1 Å². The van der Waals surface area contributed by atoms with E-state index in [4.69, 9.17) is 0 Å². The second-order valence-electron chi connectivity index (χ2n) is 3.29. The maximum absolute atomic E-state index is 12.8. The van der Waals surface area contributed by atoms with E-state index in [0.717, 1.165) is 27.8 Å². The van der Waals surface area contributed by atoms with E-state index in [2.05, 4.69) is 17.3 Å². The van der Waals surface area contributed by atoms with Gasteiger partial charge in [0.05, 0.1) is 5.69 Å². The summed E-state index contributed by atoms with van der Waals surface area (Å²) in [5.74, 6) is 1.85. The largest absolute Gasteiger partial charge is 0.240 e. The first kappa shape index (κ1) is 11.6. The molecule has 0 spiro atoms. The summed E-state index contributed by atoms with van der Waals surface area (Å²) in [6, 6.07) is 6.48. The molecule has 16 heavy (non-hydrogen) atoms. The Labute approximate surface area is 103 Å². The van der Waals surface area contributed by atoms with Crippen molar-refractivity contribution in [3.63, 3.8) is 0 Å². The minimum Gasteiger partial charge on any atom is -0.240 e. The lowest BCUT2D eigenvalue weighted by atomic mass is 10.2. The van der Waals surface area contributed by atoms with Crippen LogP contribution in [0, 0.1) is 5.82 Å². The summed E-state index contributed by atoms with van der Waals surface area (Å²) in [7, 11) is 0. The number of hydrogen-bond donors (Lipinski definition) is 0. The Morgan fingerprint density at radius 3 is 2.75 bits per heavy atom. The van der Waals surface area contributed by atoms with Gasteiger partial charge in [-0.3, -0.25) is 0 Å². The molecule has 0 fully saturated rings. The first-order valence-corrected chi connectivity index (χ1v) is 7.11. The normalized spacial score (nSPS) is 10.6. The molecule has 0 atom stereocenters. The number of aromatic nitrogens is 1. The predicted octanol–water partition coefficient (Wildman–Crippen LogP) is 4.20. The lowest BCUT2D eigenvalue weighted by Crippen LogP contribution is -1.82. The fourth-order valence-electron chi connectivity index (χ4n) is 1.30. The number of thiazole rings is 1. The van der Waals surface area contributed by atoms with E-state index in [9.17, 15) is 4.39 Å². The van der Waals surface area contributed by atoms with Gasteiger partial charge in [0.1, 0.15) is 10.8 Å². The molecule has 1 aromatic carbocycles. The van der Waals surface area contributed by atoms with Gasteiger partial charge in [-0.05, 0) is 30.0 Å². The van der Waals surface area contributed by atoms with Gasteiger partial charge < -0.3 is 0 Å². The fourth-order valence-corrected chi connectivity index (χ4v) is 2.80. The van der Waals surface area contributed by atoms with Crippen molar-refractivity contribution in [2.45, 2.75) is 12.7 Å². The monoisotopic (exact) mass is 253 g/mol. The van der Waals surface area contributed by atoms with Gasteiger partial charge in [0.2, 0.25) is 0 Å². The minimum atomic E-state index is -0.206. The van der Waals surface area contributed by atoms with E-state index in [0.29, 0.717) is 0 Å². The lowest BCUT2D eigenvalue weighted by molar-refractivity contribution is 0.628. The van der Waals surface area contributed by atoms with Crippen LogP contribution in [0.15, 0.2) is 29.6 Å². The van der Waals surface area contributed by atoms with E-state index in [1.165, 1.54) is 12.1 Å². The van der Waals surface area contributed by atoms with Gasteiger partial charge in [-0.1, -0.05) is 6.92 Å². The van der Waals surface area contributed by atoms with Crippen LogP contribution in [0.1, 0.15) is 12.6 Å². The van der Waals surface area contributed by atoms with Crippen LogP contribution in [0.4, 0.5) is 4.39 Å². The Kier molecular flexibility index (Phi) is 3.96. The third-order valence-electron chi connectivity index (χ3n) is 2.10. The summed E-state index contributed by atoms with van der Waals surface area (Å²) < 4.78 is 12.8. The first-order chi connectivity index (χ1) is 7.79. The molecule has 0 aliphatic rings. The van der Waals surface area contributed by atoms with Crippen molar-refractivity contribution < 1.29 is 4.39 Å². The summed E-state index contributed by atoms with van der Waals surface area (Å²) in [6.07, 6.45) is 0. The summed E-state index contributed by atoms with van der Waals surface area (Å²) in [5, 5.41) is 3.04. The molecular formula is C12H12FNS2. The molecule has 0 amide bonds. The highest BCUT2D eigenvalue weighted by Gasteiger charge is 2.04. The SMILES string of the molecule is CCSCc1csc(-c2ccc(F)cc2)n1. The Morgan fingerprint density at radius 1 is 1.31 bits per heavy atom. The second kappa shape index (κ2) is 5.46. The van der Waals surface area contributed by atoms with Crippen LogP contribution in [0.25, 0.3) is 10.6 Å². The first-order valence-electron chi connectivity index (χ1n) is 5.07. The highest BCUT2D eigenvalue weighted by Crippen LogP contribution is 2.25. The van der Waals surface area contributed by atoms with Crippen molar-refractivity contribution in [3.8, 4) is 10.6 Å². The third-order valence-corrected chi connectivity index (χ3v) is 3.95. The molecule has 4 heteroatoms. The highest BCUT2D eigenvalue weighted by atomic mass is 32.2. The Hall–Kier alpha value is -0.870. The zero-order chi connectivity index (χ0) is 11.4. The number of nitrogens with zero attached hydrogens (tertiary/aromatic N) is 1. The van der Waals surface area contributed by atoms with Gasteiger partial charge in [0.25, 0.3) is 0 Å². The van der Waals surface area contributed by atoms with Crippen LogP contribution in [-0.2, 0) is 5.75 Å². The summed E-state index contributed by atoms with van der Waals surface area (Å²) in [6.45, 7) is 2.14. The molecule has 1 aromatic heterocycles. The molecule has 1 nitrogen and oxygen atoms in total. The van der Waals surface area contributed by atoms with E-state index in [-0.39, 0.29) is 5.82 Å². The number of hydrogen-bond acceptors (Lipinski definition) is 3. The Morgan fingerprint density at radius 2 is 2.06 bits per heavy atom. The summed E-state index contributed by atoms with van der Waals surface area (Å²) in [4.78, 5) is 4.52. The molecule has 0 saturated carbocycles.